The molecule has 0 spiro atoms. The minimum atomic E-state index is -0.110. The van der Waals surface area contributed by atoms with Crippen LogP contribution in [0.25, 0.3) is 0 Å². The number of phenols is 1. The van der Waals surface area contributed by atoms with Gasteiger partial charge < -0.3 is 9.84 Å². The third kappa shape index (κ3) is 3.78. The van der Waals surface area contributed by atoms with Gasteiger partial charge in [-0.2, -0.15) is 0 Å². The Hall–Kier alpha value is -1.96. The maximum absolute atomic E-state index is 10.3. The standard InChI is InChI=1S/C19H24O2/c1-5-21-18-13-16(19(2,3)4)17(20)12-15(18)11-14-9-7-6-8-10-14/h6-10,12-13,20H,5,11H2,1-4H3. The maximum atomic E-state index is 10.3. The zero-order valence-electron chi connectivity index (χ0n) is 13.3. The molecule has 0 bridgehead atoms. The van der Waals surface area contributed by atoms with Gasteiger partial charge in [-0.3, -0.25) is 0 Å². The lowest BCUT2D eigenvalue weighted by atomic mass is 9.85. The molecule has 112 valence electrons. The second kappa shape index (κ2) is 6.21. The molecule has 0 heterocycles. The van der Waals surface area contributed by atoms with Crippen LogP contribution in [0.4, 0.5) is 0 Å². The molecule has 0 aliphatic heterocycles. The van der Waals surface area contributed by atoms with Crippen LogP contribution in [0.2, 0.25) is 0 Å². The van der Waals surface area contributed by atoms with E-state index in [1.807, 2.05) is 37.3 Å². The summed E-state index contributed by atoms with van der Waals surface area (Å²) in [5, 5.41) is 10.3. The SMILES string of the molecule is CCOc1cc(C(C)(C)C)c(O)cc1Cc1ccccc1. The quantitative estimate of drug-likeness (QED) is 0.883. The van der Waals surface area contributed by atoms with Gasteiger partial charge in [-0.15, -0.1) is 0 Å². The number of hydrogen-bond donors (Lipinski definition) is 1. The highest BCUT2D eigenvalue weighted by molar-refractivity contribution is 5.50. The molecule has 2 aromatic rings. The molecule has 0 saturated heterocycles. The largest absolute Gasteiger partial charge is 0.508 e. The molecule has 0 amide bonds. The molecule has 2 nitrogen and oxygen atoms in total. The third-order valence-electron chi connectivity index (χ3n) is 3.52. The van der Waals surface area contributed by atoms with Crippen molar-refractivity contribution in [3.8, 4) is 11.5 Å². The van der Waals surface area contributed by atoms with Crippen molar-refractivity contribution in [1.82, 2.24) is 0 Å². The van der Waals surface area contributed by atoms with Crippen molar-refractivity contribution in [2.24, 2.45) is 0 Å². The molecule has 2 heteroatoms. The Morgan fingerprint density at radius 1 is 1.05 bits per heavy atom. The second-order valence-corrected chi connectivity index (χ2v) is 6.32. The number of hydrogen-bond acceptors (Lipinski definition) is 2. The Morgan fingerprint density at radius 3 is 2.29 bits per heavy atom. The van der Waals surface area contributed by atoms with E-state index in [1.165, 1.54) is 5.56 Å². The Kier molecular flexibility index (Phi) is 4.56. The van der Waals surface area contributed by atoms with E-state index >= 15 is 0 Å². The van der Waals surface area contributed by atoms with Crippen LogP contribution >= 0.6 is 0 Å². The fourth-order valence-electron chi connectivity index (χ4n) is 2.46. The Balaban J connectivity index is 2.43. The molecule has 0 aliphatic rings. The molecular weight excluding hydrogens is 260 g/mol. The predicted octanol–water partition coefficient (Wildman–Crippen LogP) is 4.68. The van der Waals surface area contributed by atoms with E-state index in [1.54, 1.807) is 0 Å². The summed E-state index contributed by atoms with van der Waals surface area (Å²) in [7, 11) is 0. The van der Waals surface area contributed by atoms with Crippen LogP contribution in [0.5, 0.6) is 11.5 Å². The molecule has 1 N–H and O–H groups in total. The van der Waals surface area contributed by atoms with E-state index in [9.17, 15) is 5.11 Å². The van der Waals surface area contributed by atoms with Gasteiger partial charge in [0.2, 0.25) is 0 Å². The molecule has 0 saturated carbocycles. The Bertz CT molecular complexity index is 595. The summed E-state index contributed by atoms with van der Waals surface area (Å²) in [6, 6.07) is 14.1. The topological polar surface area (TPSA) is 29.5 Å². The van der Waals surface area contributed by atoms with Gasteiger partial charge >= 0.3 is 0 Å². The molecule has 2 aromatic carbocycles. The van der Waals surface area contributed by atoms with Crippen molar-refractivity contribution in [3.05, 3.63) is 59.2 Å². The highest BCUT2D eigenvalue weighted by atomic mass is 16.5. The highest BCUT2D eigenvalue weighted by Crippen LogP contribution is 2.36. The van der Waals surface area contributed by atoms with Crippen LogP contribution in [0.1, 0.15) is 44.4 Å². The molecule has 0 atom stereocenters. The van der Waals surface area contributed by atoms with Gasteiger partial charge in [0.15, 0.2) is 0 Å². The van der Waals surface area contributed by atoms with E-state index in [4.69, 9.17) is 4.74 Å². The average molecular weight is 284 g/mol. The number of rotatable bonds is 4. The van der Waals surface area contributed by atoms with Crippen LogP contribution in [-0.4, -0.2) is 11.7 Å². The van der Waals surface area contributed by atoms with Crippen LogP contribution in [-0.2, 0) is 11.8 Å². The maximum Gasteiger partial charge on any atom is 0.123 e. The van der Waals surface area contributed by atoms with Crippen molar-refractivity contribution in [2.75, 3.05) is 6.61 Å². The van der Waals surface area contributed by atoms with Crippen molar-refractivity contribution in [1.29, 1.82) is 0 Å². The minimum Gasteiger partial charge on any atom is -0.508 e. The zero-order chi connectivity index (χ0) is 15.5. The molecule has 0 aromatic heterocycles. The first kappa shape index (κ1) is 15.4. The molecular formula is C19H24O2. The molecule has 0 aliphatic carbocycles. The summed E-state index contributed by atoms with van der Waals surface area (Å²) in [6.45, 7) is 8.88. The first-order valence-corrected chi connectivity index (χ1v) is 7.45. The average Bonchev–Trinajstić information content (AvgIpc) is 2.41. The van der Waals surface area contributed by atoms with Gasteiger partial charge in [-0.25, -0.2) is 0 Å². The van der Waals surface area contributed by atoms with Crippen molar-refractivity contribution >= 4 is 0 Å². The van der Waals surface area contributed by atoms with E-state index in [-0.39, 0.29) is 5.41 Å². The van der Waals surface area contributed by atoms with E-state index in [2.05, 4.69) is 32.9 Å². The normalized spacial score (nSPS) is 11.4. The van der Waals surface area contributed by atoms with Crippen molar-refractivity contribution in [2.45, 2.75) is 39.5 Å². The molecule has 0 fully saturated rings. The first-order valence-electron chi connectivity index (χ1n) is 7.45. The lowest BCUT2D eigenvalue weighted by Gasteiger charge is -2.23. The summed E-state index contributed by atoms with van der Waals surface area (Å²) >= 11 is 0. The monoisotopic (exact) mass is 284 g/mol. The van der Waals surface area contributed by atoms with Crippen molar-refractivity contribution < 1.29 is 9.84 Å². The van der Waals surface area contributed by atoms with Crippen LogP contribution in [0, 0.1) is 0 Å². The number of benzene rings is 2. The summed E-state index contributed by atoms with van der Waals surface area (Å²) in [5.74, 6) is 1.21. The van der Waals surface area contributed by atoms with Gasteiger partial charge in [0.25, 0.3) is 0 Å². The fourth-order valence-corrected chi connectivity index (χ4v) is 2.46. The number of aromatic hydroxyl groups is 1. The van der Waals surface area contributed by atoms with Gasteiger partial charge in [0, 0.05) is 17.5 Å². The Morgan fingerprint density at radius 2 is 1.71 bits per heavy atom. The highest BCUT2D eigenvalue weighted by Gasteiger charge is 2.21. The van der Waals surface area contributed by atoms with E-state index in [0.717, 1.165) is 23.3 Å². The van der Waals surface area contributed by atoms with Crippen LogP contribution in [0.3, 0.4) is 0 Å². The molecule has 21 heavy (non-hydrogen) atoms. The lowest BCUT2D eigenvalue weighted by Crippen LogP contribution is -2.12. The van der Waals surface area contributed by atoms with E-state index < -0.39 is 0 Å². The molecule has 2 rings (SSSR count). The van der Waals surface area contributed by atoms with Gasteiger partial charge in [-0.1, -0.05) is 51.1 Å². The summed E-state index contributed by atoms with van der Waals surface area (Å²) in [6.07, 6.45) is 0.758. The smallest absolute Gasteiger partial charge is 0.123 e. The summed E-state index contributed by atoms with van der Waals surface area (Å²) in [4.78, 5) is 0. The van der Waals surface area contributed by atoms with Crippen LogP contribution < -0.4 is 4.74 Å². The predicted molar refractivity (Wildman–Crippen MR) is 87.2 cm³/mol. The van der Waals surface area contributed by atoms with Crippen molar-refractivity contribution in [3.63, 3.8) is 0 Å². The first-order chi connectivity index (χ1) is 9.91. The van der Waals surface area contributed by atoms with Gasteiger partial charge in [0.05, 0.1) is 6.61 Å². The fraction of sp³-hybridized carbons (Fsp3) is 0.368. The lowest BCUT2D eigenvalue weighted by molar-refractivity contribution is 0.334. The van der Waals surface area contributed by atoms with Gasteiger partial charge in [-0.05, 0) is 30.0 Å². The minimum absolute atomic E-state index is 0.110. The molecule has 0 unspecified atom stereocenters. The number of phenolic OH excluding ortho intramolecular Hbond substituents is 1. The Labute approximate surface area is 127 Å². The third-order valence-corrected chi connectivity index (χ3v) is 3.52. The number of ether oxygens (including phenoxy) is 1. The molecule has 0 radical (unpaired) electrons. The second-order valence-electron chi connectivity index (χ2n) is 6.32. The van der Waals surface area contributed by atoms with E-state index in [0.29, 0.717) is 12.4 Å². The van der Waals surface area contributed by atoms with Crippen LogP contribution in [0.15, 0.2) is 42.5 Å². The van der Waals surface area contributed by atoms with Gasteiger partial charge in [0.1, 0.15) is 11.5 Å². The summed E-state index contributed by atoms with van der Waals surface area (Å²) in [5.41, 5.74) is 3.04. The summed E-state index contributed by atoms with van der Waals surface area (Å²) < 4.78 is 5.79. The zero-order valence-corrected chi connectivity index (χ0v) is 13.3.